The average molecular weight is 307 g/mol. The van der Waals surface area contributed by atoms with Crippen molar-refractivity contribution in [2.24, 2.45) is 5.92 Å². The van der Waals surface area contributed by atoms with Gasteiger partial charge in [-0.15, -0.1) is 11.3 Å². The van der Waals surface area contributed by atoms with Crippen LogP contribution in [0.5, 0.6) is 0 Å². The van der Waals surface area contributed by atoms with E-state index in [1.54, 1.807) is 0 Å². The number of aromatic nitrogens is 1. The third kappa shape index (κ3) is 3.64. The van der Waals surface area contributed by atoms with Crippen LogP contribution in [0.4, 0.5) is 0 Å². The fraction of sp³-hybridized carbons (Fsp3) is 0.625. The smallest absolute Gasteiger partial charge is 0.135 e. The van der Waals surface area contributed by atoms with Gasteiger partial charge in [0, 0.05) is 17.6 Å². The van der Waals surface area contributed by atoms with Crippen molar-refractivity contribution in [1.29, 1.82) is 5.41 Å². The molecule has 1 aliphatic heterocycles. The van der Waals surface area contributed by atoms with E-state index in [1.165, 1.54) is 30.6 Å². The number of aliphatic hydroxyl groups is 1. The van der Waals surface area contributed by atoms with Crippen molar-refractivity contribution < 1.29 is 5.11 Å². The third-order valence-corrected chi connectivity index (χ3v) is 5.01. The molecule has 4 nitrogen and oxygen atoms in total. The molecule has 1 aromatic heterocycles. The number of aliphatic hydroxyl groups excluding tert-OH is 1. The Morgan fingerprint density at radius 3 is 2.81 bits per heavy atom. The van der Waals surface area contributed by atoms with Gasteiger partial charge in [-0.2, -0.15) is 0 Å². The van der Waals surface area contributed by atoms with Crippen molar-refractivity contribution in [3.05, 3.63) is 21.8 Å². The highest BCUT2D eigenvalue weighted by atomic mass is 32.1. The van der Waals surface area contributed by atoms with Gasteiger partial charge in [-0.3, -0.25) is 5.41 Å². The maximum Gasteiger partial charge on any atom is 0.135 e. The van der Waals surface area contributed by atoms with Gasteiger partial charge in [0.2, 0.25) is 0 Å². The molecular weight excluding hydrogens is 282 g/mol. The summed E-state index contributed by atoms with van der Waals surface area (Å²) in [5.74, 6) is 1.31. The van der Waals surface area contributed by atoms with Gasteiger partial charge in [0.25, 0.3) is 0 Å². The maximum atomic E-state index is 10.2. The van der Waals surface area contributed by atoms with Crippen LogP contribution in [0.3, 0.4) is 0 Å². The molecule has 0 aliphatic carbocycles. The number of unbranched alkanes of at least 4 members (excludes halogenated alkanes) is 1. The molecule has 0 saturated carbocycles. The number of rotatable bonds is 7. The normalized spacial score (nSPS) is 16.9. The molecule has 2 N–H and O–H groups in total. The third-order valence-electron chi connectivity index (χ3n) is 4.04. The molecule has 1 atom stereocenters. The van der Waals surface area contributed by atoms with Crippen molar-refractivity contribution in [3.8, 4) is 0 Å². The molecule has 2 rings (SSSR count). The van der Waals surface area contributed by atoms with Gasteiger partial charge >= 0.3 is 0 Å². The highest BCUT2D eigenvalue weighted by molar-refractivity contribution is 7.11. The van der Waals surface area contributed by atoms with E-state index in [9.17, 15) is 5.11 Å². The van der Waals surface area contributed by atoms with Gasteiger partial charge in [-0.1, -0.05) is 33.1 Å². The van der Waals surface area contributed by atoms with Crippen LogP contribution in [-0.4, -0.2) is 33.9 Å². The zero-order chi connectivity index (χ0) is 15.4. The minimum Gasteiger partial charge on any atom is -0.510 e. The lowest BCUT2D eigenvalue weighted by Crippen LogP contribution is -2.32. The van der Waals surface area contributed by atoms with Crippen molar-refractivity contribution in [3.63, 3.8) is 0 Å². The van der Waals surface area contributed by atoms with Gasteiger partial charge in [0.1, 0.15) is 16.6 Å². The van der Waals surface area contributed by atoms with E-state index in [0.29, 0.717) is 29.6 Å². The highest BCUT2D eigenvalue weighted by Gasteiger charge is 2.30. The summed E-state index contributed by atoms with van der Waals surface area (Å²) < 4.78 is 0. The van der Waals surface area contributed by atoms with Crippen LogP contribution in [-0.2, 0) is 0 Å². The Morgan fingerprint density at radius 1 is 1.48 bits per heavy atom. The Morgan fingerprint density at radius 2 is 2.24 bits per heavy atom. The van der Waals surface area contributed by atoms with E-state index in [2.05, 4.69) is 18.8 Å². The van der Waals surface area contributed by atoms with Crippen LogP contribution in [0.15, 0.2) is 11.1 Å². The number of thiazole rings is 1. The maximum absolute atomic E-state index is 10.2. The molecule has 0 saturated heterocycles. The fourth-order valence-electron chi connectivity index (χ4n) is 2.71. The summed E-state index contributed by atoms with van der Waals surface area (Å²) in [5.41, 5.74) is 1.56. The van der Waals surface area contributed by atoms with Crippen LogP contribution < -0.4 is 0 Å². The van der Waals surface area contributed by atoms with Crippen LogP contribution in [0.2, 0.25) is 0 Å². The number of nitrogens with zero attached hydrogens (tertiary/aromatic N) is 2. The van der Waals surface area contributed by atoms with E-state index < -0.39 is 0 Å². The summed E-state index contributed by atoms with van der Waals surface area (Å²) in [7, 11) is 0. The van der Waals surface area contributed by atoms with Gasteiger partial charge in [0.15, 0.2) is 0 Å². The minimum absolute atomic E-state index is 0.291. The Bertz CT molecular complexity index is 535. The quantitative estimate of drug-likeness (QED) is 0.792. The summed E-state index contributed by atoms with van der Waals surface area (Å²) in [6, 6.07) is 0. The molecule has 0 fully saturated rings. The molecule has 0 aromatic carbocycles. The second kappa shape index (κ2) is 7.07. The molecule has 116 valence electrons. The van der Waals surface area contributed by atoms with E-state index in [4.69, 9.17) is 5.41 Å². The molecule has 0 unspecified atom stereocenters. The highest BCUT2D eigenvalue weighted by Crippen LogP contribution is 2.30. The molecule has 1 aliphatic rings. The fourth-order valence-corrected chi connectivity index (χ4v) is 3.58. The first-order valence-corrected chi connectivity index (χ1v) is 8.63. The standard InChI is InChI=1S/C16H25N3OS/c1-4-6-7-12(5-2)8-19-9-13(20)14(15(19)17)16-18-11(3)10-21-16/h10,12,17,20H,4-9H2,1-3H3/t12-/m1/s1. The number of aryl methyl sites for hydroxylation is 1. The van der Waals surface area contributed by atoms with Crippen LogP contribution in [0, 0.1) is 18.3 Å². The van der Waals surface area contributed by atoms with Crippen molar-refractivity contribution in [2.75, 3.05) is 13.1 Å². The Hall–Kier alpha value is -1.36. The zero-order valence-corrected chi connectivity index (χ0v) is 14.0. The number of nitrogens with one attached hydrogen (secondary N) is 1. The molecule has 0 bridgehead atoms. The van der Waals surface area contributed by atoms with E-state index in [0.717, 1.165) is 23.7 Å². The Labute approximate surface area is 131 Å². The predicted molar refractivity (Wildman–Crippen MR) is 89.0 cm³/mol. The lowest BCUT2D eigenvalue weighted by atomic mass is 9.99. The van der Waals surface area contributed by atoms with Crippen molar-refractivity contribution >= 4 is 22.7 Å². The number of hydrogen-bond donors (Lipinski definition) is 2. The van der Waals surface area contributed by atoms with Crippen LogP contribution in [0.25, 0.3) is 5.57 Å². The lowest BCUT2D eigenvalue weighted by Gasteiger charge is -2.24. The first-order valence-electron chi connectivity index (χ1n) is 7.75. The van der Waals surface area contributed by atoms with Crippen molar-refractivity contribution in [1.82, 2.24) is 9.88 Å². The van der Waals surface area contributed by atoms with Gasteiger partial charge in [-0.05, 0) is 19.3 Å². The largest absolute Gasteiger partial charge is 0.510 e. The van der Waals surface area contributed by atoms with Gasteiger partial charge < -0.3 is 10.0 Å². The summed E-state index contributed by atoms with van der Waals surface area (Å²) in [6.07, 6.45) is 4.76. The molecule has 0 radical (unpaired) electrons. The first kappa shape index (κ1) is 16.0. The molecule has 2 heterocycles. The lowest BCUT2D eigenvalue weighted by molar-refractivity contribution is 0.298. The average Bonchev–Trinajstić information content (AvgIpc) is 2.98. The molecule has 0 amide bonds. The minimum atomic E-state index is 0.291. The zero-order valence-electron chi connectivity index (χ0n) is 13.1. The van der Waals surface area contributed by atoms with Gasteiger partial charge in [-0.25, -0.2) is 4.98 Å². The second-order valence-corrected chi connectivity index (χ2v) is 6.62. The topological polar surface area (TPSA) is 60.2 Å². The van der Waals surface area contributed by atoms with E-state index in [-0.39, 0.29) is 0 Å². The Kier molecular flexibility index (Phi) is 5.39. The second-order valence-electron chi connectivity index (χ2n) is 5.76. The van der Waals surface area contributed by atoms with Crippen molar-refractivity contribution in [2.45, 2.75) is 46.5 Å². The molecule has 0 spiro atoms. The summed E-state index contributed by atoms with van der Waals surface area (Å²) >= 11 is 1.50. The van der Waals surface area contributed by atoms with E-state index >= 15 is 0 Å². The summed E-state index contributed by atoms with van der Waals surface area (Å²) in [5, 5.41) is 21.3. The summed E-state index contributed by atoms with van der Waals surface area (Å²) in [6.45, 7) is 7.66. The van der Waals surface area contributed by atoms with Crippen LogP contribution in [0.1, 0.15) is 50.2 Å². The Balaban J connectivity index is 2.05. The number of hydrogen-bond acceptors (Lipinski definition) is 4. The first-order chi connectivity index (χ1) is 10.1. The van der Waals surface area contributed by atoms with Crippen LogP contribution >= 0.6 is 11.3 Å². The monoisotopic (exact) mass is 307 g/mol. The van der Waals surface area contributed by atoms with Gasteiger partial charge in [0.05, 0.1) is 12.1 Å². The SMILES string of the molecule is CCCC[C@@H](CC)CN1CC(O)=C(c2nc(C)cs2)C1=N. The molecular formula is C16H25N3OS. The number of amidine groups is 1. The summed E-state index contributed by atoms with van der Waals surface area (Å²) in [4.78, 5) is 6.40. The predicted octanol–water partition coefficient (Wildman–Crippen LogP) is 4.23. The molecule has 1 aromatic rings. The molecule has 5 heteroatoms. The van der Waals surface area contributed by atoms with E-state index in [1.807, 2.05) is 17.2 Å². The molecule has 21 heavy (non-hydrogen) atoms.